The molecule has 2 aromatic carbocycles. The highest BCUT2D eigenvalue weighted by Crippen LogP contribution is 2.32. The first-order valence-electron chi connectivity index (χ1n) is 11.2. The van der Waals surface area contributed by atoms with E-state index in [2.05, 4.69) is 45.7 Å². The largest absolute Gasteiger partial charge is 0.326 e. The molecule has 2 heterocycles. The van der Waals surface area contributed by atoms with Crippen LogP contribution in [0, 0.1) is 0 Å². The Morgan fingerprint density at radius 3 is 2.31 bits per heavy atom. The van der Waals surface area contributed by atoms with E-state index in [0.29, 0.717) is 22.4 Å². The number of carbonyl (C=O) groups is 2. The molecule has 0 saturated heterocycles. The van der Waals surface area contributed by atoms with Crippen molar-refractivity contribution in [3.05, 3.63) is 78.6 Å². The van der Waals surface area contributed by atoms with Gasteiger partial charge in [0, 0.05) is 36.3 Å². The molecule has 0 aliphatic heterocycles. The second kappa shape index (κ2) is 11.0. The number of hydrogen-bond donors (Lipinski definition) is 2. The van der Waals surface area contributed by atoms with Gasteiger partial charge >= 0.3 is 0 Å². The van der Waals surface area contributed by atoms with E-state index < -0.39 is 0 Å². The zero-order chi connectivity index (χ0) is 24.8. The zero-order valence-corrected chi connectivity index (χ0v) is 20.5. The van der Waals surface area contributed by atoms with Crippen LogP contribution in [0.25, 0.3) is 17.1 Å². The topological polar surface area (TPSA) is 102 Å². The van der Waals surface area contributed by atoms with Crippen molar-refractivity contribution in [2.45, 2.75) is 31.8 Å². The number of amides is 2. The van der Waals surface area contributed by atoms with Gasteiger partial charge in [0.2, 0.25) is 11.8 Å². The van der Waals surface area contributed by atoms with Crippen molar-refractivity contribution >= 4 is 35.0 Å². The maximum absolute atomic E-state index is 12.7. The van der Waals surface area contributed by atoms with Crippen LogP contribution in [0.5, 0.6) is 0 Å². The summed E-state index contributed by atoms with van der Waals surface area (Å²) < 4.78 is 1.99. The molecular formula is C26H26N6O2S. The van der Waals surface area contributed by atoms with Crippen LogP contribution in [-0.2, 0) is 9.59 Å². The van der Waals surface area contributed by atoms with E-state index in [1.54, 1.807) is 36.7 Å². The molecule has 8 nitrogen and oxygen atoms in total. The normalized spacial score (nSPS) is 10.9. The van der Waals surface area contributed by atoms with Gasteiger partial charge in [-0.2, -0.15) is 0 Å². The Labute approximate surface area is 208 Å². The first-order chi connectivity index (χ1) is 16.9. The third kappa shape index (κ3) is 5.93. The van der Waals surface area contributed by atoms with E-state index in [0.717, 1.165) is 16.8 Å². The van der Waals surface area contributed by atoms with Crippen molar-refractivity contribution < 1.29 is 9.59 Å². The van der Waals surface area contributed by atoms with Crippen molar-refractivity contribution in [3.8, 4) is 17.1 Å². The Hall–Kier alpha value is -3.98. The summed E-state index contributed by atoms with van der Waals surface area (Å²) in [6, 6.07) is 18.9. The molecule has 0 bridgehead atoms. The van der Waals surface area contributed by atoms with Crippen LogP contribution in [0.1, 0.15) is 32.3 Å². The van der Waals surface area contributed by atoms with Crippen LogP contribution in [0.2, 0.25) is 0 Å². The van der Waals surface area contributed by atoms with Crippen molar-refractivity contribution in [1.82, 2.24) is 19.7 Å². The number of thioether (sulfide) groups is 1. The number of aromatic nitrogens is 4. The Balaban J connectivity index is 1.57. The molecule has 2 amide bonds. The molecule has 2 N–H and O–H groups in total. The molecule has 0 aliphatic carbocycles. The molecule has 4 rings (SSSR count). The maximum atomic E-state index is 12.7. The highest BCUT2D eigenvalue weighted by atomic mass is 32.2. The van der Waals surface area contributed by atoms with Gasteiger partial charge in [-0.05, 0) is 53.9 Å². The van der Waals surface area contributed by atoms with Crippen molar-refractivity contribution in [1.29, 1.82) is 0 Å². The van der Waals surface area contributed by atoms with Crippen molar-refractivity contribution in [3.63, 3.8) is 0 Å². The summed E-state index contributed by atoms with van der Waals surface area (Å²) in [7, 11) is 0. The van der Waals surface area contributed by atoms with Gasteiger partial charge in [0.15, 0.2) is 11.0 Å². The first-order valence-corrected chi connectivity index (χ1v) is 12.2. The smallest absolute Gasteiger partial charge is 0.234 e. The minimum atomic E-state index is -0.170. The second-order valence-electron chi connectivity index (χ2n) is 8.19. The summed E-state index contributed by atoms with van der Waals surface area (Å²) >= 11 is 1.32. The number of nitrogens with one attached hydrogen (secondary N) is 2. The molecular weight excluding hydrogens is 460 g/mol. The number of pyridine rings is 1. The fourth-order valence-corrected chi connectivity index (χ4v) is 4.35. The Morgan fingerprint density at radius 2 is 1.66 bits per heavy atom. The molecule has 9 heteroatoms. The average molecular weight is 487 g/mol. The van der Waals surface area contributed by atoms with Crippen LogP contribution < -0.4 is 10.6 Å². The van der Waals surface area contributed by atoms with Crippen LogP contribution in [-0.4, -0.2) is 37.3 Å². The molecule has 0 unspecified atom stereocenters. The number of nitrogens with zero attached hydrogens (tertiary/aromatic N) is 4. The third-order valence-electron chi connectivity index (χ3n) is 5.17. The highest BCUT2D eigenvalue weighted by molar-refractivity contribution is 7.99. The minimum absolute atomic E-state index is 0.146. The zero-order valence-electron chi connectivity index (χ0n) is 19.7. The van der Waals surface area contributed by atoms with Crippen LogP contribution in [0.4, 0.5) is 11.4 Å². The number of anilines is 2. The maximum Gasteiger partial charge on any atom is 0.234 e. The molecule has 0 spiro atoms. The highest BCUT2D eigenvalue weighted by Gasteiger charge is 2.20. The van der Waals surface area contributed by atoms with Gasteiger partial charge in [-0.1, -0.05) is 43.8 Å². The van der Waals surface area contributed by atoms with E-state index in [4.69, 9.17) is 0 Å². The number of para-hydroxylation sites is 1. The van der Waals surface area contributed by atoms with Crippen molar-refractivity contribution in [2.75, 3.05) is 16.4 Å². The molecule has 0 aliphatic rings. The van der Waals surface area contributed by atoms with Gasteiger partial charge in [0.25, 0.3) is 0 Å². The summed E-state index contributed by atoms with van der Waals surface area (Å²) in [4.78, 5) is 28.1. The first kappa shape index (κ1) is 24.2. The van der Waals surface area contributed by atoms with E-state index in [-0.39, 0.29) is 23.5 Å². The Kier molecular flexibility index (Phi) is 7.57. The van der Waals surface area contributed by atoms with Gasteiger partial charge in [-0.25, -0.2) is 0 Å². The lowest BCUT2D eigenvalue weighted by molar-refractivity contribution is -0.114. The van der Waals surface area contributed by atoms with E-state index >= 15 is 0 Å². The molecule has 178 valence electrons. The SMILES string of the molecule is CC(=O)Nc1ccc(NC(=O)CSc2nnc(-c3cccnc3)n2-c2ccccc2C(C)C)cc1. The molecule has 0 atom stereocenters. The lowest BCUT2D eigenvalue weighted by Crippen LogP contribution is -2.15. The third-order valence-corrected chi connectivity index (χ3v) is 6.10. The van der Waals surface area contributed by atoms with E-state index in [1.807, 2.05) is 34.9 Å². The molecule has 0 fully saturated rings. The van der Waals surface area contributed by atoms with E-state index in [9.17, 15) is 9.59 Å². The molecule has 2 aromatic heterocycles. The van der Waals surface area contributed by atoms with Crippen molar-refractivity contribution in [2.24, 2.45) is 0 Å². The molecule has 4 aromatic rings. The average Bonchev–Trinajstić information content (AvgIpc) is 3.28. The fraction of sp³-hybridized carbons (Fsp3) is 0.192. The van der Waals surface area contributed by atoms with Gasteiger partial charge < -0.3 is 10.6 Å². The van der Waals surface area contributed by atoms with Gasteiger partial charge in [-0.3, -0.25) is 19.1 Å². The van der Waals surface area contributed by atoms with Crippen LogP contribution in [0.15, 0.2) is 78.2 Å². The summed E-state index contributed by atoms with van der Waals surface area (Å²) in [5, 5.41) is 15.1. The summed E-state index contributed by atoms with van der Waals surface area (Å²) in [5.74, 6) is 0.797. The van der Waals surface area contributed by atoms with E-state index in [1.165, 1.54) is 18.7 Å². The number of carbonyl (C=O) groups excluding carboxylic acids is 2. The van der Waals surface area contributed by atoms with Gasteiger partial charge in [0.1, 0.15) is 0 Å². The van der Waals surface area contributed by atoms with Crippen LogP contribution in [0.3, 0.4) is 0 Å². The lowest BCUT2D eigenvalue weighted by Gasteiger charge is -2.16. The number of rotatable bonds is 8. The lowest BCUT2D eigenvalue weighted by atomic mass is 10.0. The standard InChI is InChI=1S/C26H26N6O2S/c1-17(2)22-8-4-5-9-23(22)32-25(19-7-6-14-27-15-19)30-31-26(32)35-16-24(34)29-21-12-10-20(11-13-21)28-18(3)33/h4-15,17H,16H2,1-3H3,(H,28,33)(H,29,34). The monoisotopic (exact) mass is 486 g/mol. The second-order valence-corrected chi connectivity index (χ2v) is 9.13. The molecule has 0 radical (unpaired) electrons. The van der Waals surface area contributed by atoms with Gasteiger partial charge in [-0.15, -0.1) is 10.2 Å². The predicted octanol–water partition coefficient (Wildman–Crippen LogP) is 5.14. The quantitative estimate of drug-likeness (QED) is 0.334. The minimum Gasteiger partial charge on any atom is -0.326 e. The number of benzene rings is 2. The van der Waals surface area contributed by atoms with Gasteiger partial charge in [0.05, 0.1) is 11.4 Å². The summed E-state index contributed by atoms with van der Waals surface area (Å²) in [6.45, 7) is 5.74. The summed E-state index contributed by atoms with van der Waals surface area (Å²) in [5.41, 5.74) is 4.29. The Morgan fingerprint density at radius 1 is 0.943 bits per heavy atom. The molecule has 0 saturated carbocycles. The summed E-state index contributed by atoms with van der Waals surface area (Å²) in [6.07, 6.45) is 3.47. The predicted molar refractivity (Wildman–Crippen MR) is 139 cm³/mol. The fourth-order valence-electron chi connectivity index (χ4n) is 3.61. The number of hydrogen-bond acceptors (Lipinski definition) is 6. The van der Waals surface area contributed by atoms with Crippen LogP contribution >= 0.6 is 11.8 Å². The Bertz CT molecular complexity index is 1320. The molecule has 35 heavy (non-hydrogen) atoms.